The zero-order valence-electron chi connectivity index (χ0n) is 15.1. The Morgan fingerprint density at radius 2 is 2.08 bits per heavy atom. The number of nitrogens with zero attached hydrogens (tertiary/aromatic N) is 2. The molecule has 26 heavy (non-hydrogen) atoms. The number of aliphatic hydroxyl groups is 1. The fourth-order valence-corrected chi connectivity index (χ4v) is 3.92. The molecule has 7 nitrogen and oxygen atoms in total. The first kappa shape index (κ1) is 17.0. The maximum Gasteiger partial charge on any atom is 0.244 e. The van der Waals surface area contributed by atoms with Crippen molar-refractivity contribution in [3.63, 3.8) is 0 Å². The summed E-state index contributed by atoms with van der Waals surface area (Å²) in [7, 11) is 0. The molecule has 2 amide bonds. The Labute approximate surface area is 151 Å². The highest BCUT2D eigenvalue weighted by molar-refractivity contribution is 6.04. The molecule has 2 aromatic rings. The molecule has 138 valence electrons. The Kier molecular flexibility index (Phi) is 4.19. The number of aliphatic hydroxyl groups excluding tert-OH is 1. The first-order valence-electron chi connectivity index (χ1n) is 9.14. The summed E-state index contributed by atoms with van der Waals surface area (Å²) in [6.07, 6.45) is 3.65. The van der Waals surface area contributed by atoms with Gasteiger partial charge in [0.1, 0.15) is 18.5 Å². The lowest BCUT2D eigenvalue weighted by Crippen LogP contribution is -2.39. The predicted molar refractivity (Wildman–Crippen MR) is 95.7 cm³/mol. The van der Waals surface area contributed by atoms with Gasteiger partial charge in [0.2, 0.25) is 17.5 Å². The average molecular weight is 357 g/mol. The van der Waals surface area contributed by atoms with Gasteiger partial charge in [-0.15, -0.1) is 0 Å². The third-order valence-corrected chi connectivity index (χ3v) is 5.47. The van der Waals surface area contributed by atoms with Gasteiger partial charge in [0.15, 0.2) is 0 Å². The first-order valence-corrected chi connectivity index (χ1v) is 9.14. The van der Waals surface area contributed by atoms with Crippen molar-refractivity contribution in [2.24, 2.45) is 0 Å². The number of pyridine rings is 1. The molecule has 1 aliphatic carbocycles. The lowest BCUT2D eigenvalue weighted by Gasteiger charge is -2.22. The van der Waals surface area contributed by atoms with Gasteiger partial charge in [-0.05, 0) is 45.1 Å². The van der Waals surface area contributed by atoms with E-state index in [0.717, 1.165) is 59.3 Å². The highest BCUT2D eigenvalue weighted by Gasteiger charge is 2.31. The maximum absolute atomic E-state index is 12.6. The van der Waals surface area contributed by atoms with Crippen LogP contribution in [-0.2, 0) is 22.4 Å². The van der Waals surface area contributed by atoms with Gasteiger partial charge in [-0.1, -0.05) is 0 Å². The van der Waals surface area contributed by atoms with E-state index in [1.165, 1.54) is 4.90 Å². The van der Waals surface area contributed by atoms with Crippen LogP contribution in [0.5, 0.6) is 0 Å². The van der Waals surface area contributed by atoms with E-state index in [9.17, 15) is 14.7 Å². The minimum Gasteiger partial charge on any atom is -0.443 e. The Morgan fingerprint density at radius 1 is 1.31 bits per heavy atom. The van der Waals surface area contributed by atoms with Gasteiger partial charge < -0.3 is 19.7 Å². The molecule has 2 N–H and O–H groups in total. The molecular formula is C19H23N3O4. The number of carbonyl (C=O) groups is 2. The molecule has 1 atom stereocenters. The number of aryl methyl sites for hydroxylation is 3. The minimum atomic E-state index is -0.877. The number of carbonyl (C=O) groups excluding carboxylic acids is 2. The summed E-state index contributed by atoms with van der Waals surface area (Å²) < 4.78 is 5.79. The van der Waals surface area contributed by atoms with Crippen molar-refractivity contribution in [1.82, 2.24) is 9.88 Å². The number of furan rings is 1. The van der Waals surface area contributed by atoms with E-state index in [1.807, 2.05) is 13.8 Å². The Hall–Kier alpha value is -2.41. The maximum atomic E-state index is 12.6. The van der Waals surface area contributed by atoms with E-state index in [1.54, 1.807) is 0 Å². The molecule has 0 spiro atoms. The molecule has 0 bridgehead atoms. The van der Waals surface area contributed by atoms with Crippen LogP contribution in [0.3, 0.4) is 0 Å². The summed E-state index contributed by atoms with van der Waals surface area (Å²) >= 11 is 0. The van der Waals surface area contributed by atoms with Crippen LogP contribution in [0.25, 0.3) is 11.1 Å². The number of nitrogens with one attached hydrogen (secondary N) is 1. The summed E-state index contributed by atoms with van der Waals surface area (Å²) in [5, 5.41) is 13.7. The number of aromatic nitrogens is 1. The van der Waals surface area contributed by atoms with Crippen LogP contribution in [0.15, 0.2) is 4.42 Å². The number of hydrogen-bond acceptors (Lipinski definition) is 5. The molecule has 1 fully saturated rings. The van der Waals surface area contributed by atoms with Gasteiger partial charge in [-0.3, -0.25) is 9.59 Å². The van der Waals surface area contributed by atoms with E-state index in [0.29, 0.717) is 12.1 Å². The Balaban J connectivity index is 1.70. The second kappa shape index (κ2) is 6.39. The summed E-state index contributed by atoms with van der Waals surface area (Å²) in [6, 6.07) is 0. The van der Waals surface area contributed by atoms with Gasteiger partial charge in [0, 0.05) is 24.1 Å². The molecule has 3 heterocycles. The van der Waals surface area contributed by atoms with E-state index in [-0.39, 0.29) is 24.8 Å². The van der Waals surface area contributed by atoms with Crippen molar-refractivity contribution in [3.8, 4) is 0 Å². The fourth-order valence-electron chi connectivity index (χ4n) is 3.92. The third-order valence-electron chi connectivity index (χ3n) is 5.47. The third kappa shape index (κ3) is 2.76. The number of anilines is 1. The smallest absolute Gasteiger partial charge is 0.244 e. The zero-order valence-corrected chi connectivity index (χ0v) is 15.1. The van der Waals surface area contributed by atoms with Gasteiger partial charge in [0.05, 0.1) is 11.1 Å². The monoisotopic (exact) mass is 357 g/mol. The number of fused-ring (bicyclic) bond motifs is 2. The number of rotatable bonds is 3. The van der Waals surface area contributed by atoms with Crippen LogP contribution in [0.2, 0.25) is 0 Å². The number of amides is 2. The van der Waals surface area contributed by atoms with Crippen molar-refractivity contribution in [3.05, 3.63) is 22.6 Å². The van der Waals surface area contributed by atoms with Gasteiger partial charge >= 0.3 is 0 Å². The van der Waals surface area contributed by atoms with E-state index in [4.69, 9.17) is 4.42 Å². The molecule has 1 saturated heterocycles. The molecule has 1 unspecified atom stereocenters. The van der Waals surface area contributed by atoms with E-state index < -0.39 is 6.23 Å². The molecule has 4 rings (SSSR count). The molecule has 1 aliphatic heterocycles. The fraction of sp³-hybridized carbons (Fsp3) is 0.526. The highest BCUT2D eigenvalue weighted by Crippen LogP contribution is 2.37. The summed E-state index contributed by atoms with van der Waals surface area (Å²) in [6.45, 7) is 3.71. The lowest BCUT2D eigenvalue weighted by molar-refractivity contribution is -0.137. The highest BCUT2D eigenvalue weighted by atomic mass is 16.3. The molecule has 2 aromatic heterocycles. The SMILES string of the molecule is Cc1oc2nc3c(c(NC(=O)CN4C(=O)CCC4O)c2c1C)CCCC3. The number of likely N-dealkylation sites (tertiary alicyclic amines) is 1. The standard InChI is InChI=1S/C19H23N3O4/c1-10-11(2)26-19-17(10)18(12-5-3-4-6-13(12)20-19)21-14(23)9-22-15(24)7-8-16(22)25/h15,24H,3-9H2,1-2H3,(H,20,21,23). The van der Waals surface area contributed by atoms with Crippen molar-refractivity contribution in [2.75, 3.05) is 11.9 Å². The van der Waals surface area contributed by atoms with Crippen LogP contribution in [0.4, 0.5) is 5.69 Å². The molecule has 0 saturated carbocycles. The molecule has 2 aliphatic rings. The quantitative estimate of drug-likeness (QED) is 0.878. The average Bonchev–Trinajstić information content (AvgIpc) is 3.08. The van der Waals surface area contributed by atoms with E-state index >= 15 is 0 Å². The topological polar surface area (TPSA) is 95.7 Å². The zero-order chi connectivity index (χ0) is 18.4. The van der Waals surface area contributed by atoms with Crippen LogP contribution in [0.1, 0.15) is 48.3 Å². The molecule has 0 aromatic carbocycles. The molecule has 7 heteroatoms. The Morgan fingerprint density at radius 3 is 2.81 bits per heavy atom. The van der Waals surface area contributed by atoms with Crippen molar-refractivity contribution < 1.29 is 19.1 Å². The van der Waals surface area contributed by atoms with Crippen molar-refractivity contribution >= 4 is 28.6 Å². The van der Waals surface area contributed by atoms with Crippen molar-refractivity contribution in [1.29, 1.82) is 0 Å². The van der Waals surface area contributed by atoms with Gasteiger partial charge in [-0.2, -0.15) is 0 Å². The Bertz CT molecular complexity index is 902. The number of hydrogen-bond donors (Lipinski definition) is 2. The second-order valence-electron chi connectivity index (χ2n) is 7.17. The van der Waals surface area contributed by atoms with Crippen LogP contribution >= 0.6 is 0 Å². The predicted octanol–water partition coefficient (Wildman–Crippen LogP) is 2.20. The largest absolute Gasteiger partial charge is 0.443 e. The molecular weight excluding hydrogens is 334 g/mol. The summed E-state index contributed by atoms with van der Waals surface area (Å²) in [5.74, 6) is 0.290. The second-order valence-corrected chi connectivity index (χ2v) is 7.17. The van der Waals surface area contributed by atoms with Crippen molar-refractivity contribution in [2.45, 2.75) is 58.6 Å². The van der Waals surface area contributed by atoms with Crippen LogP contribution in [-0.4, -0.2) is 39.6 Å². The first-order chi connectivity index (χ1) is 12.5. The van der Waals surface area contributed by atoms with E-state index in [2.05, 4.69) is 10.3 Å². The van der Waals surface area contributed by atoms with Crippen LogP contribution < -0.4 is 5.32 Å². The van der Waals surface area contributed by atoms with Gasteiger partial charge in [-0.25, -0.2) is 4.98 Å². The minimum absolute atomic E-state index is 0.144. The summed E-state index contributed by atoms with van der Waals surface area (Å²) in [4.78, 5) is 30.4. The normalized spacial score (nSPS) is 19.9. The summed E-state index contributed by atoms with van der Waals surface area (Å²) in [5.41, 5.74) is 4.31. The van der Waals surface area contributed by atoms with Gasteiger partial charge in [0.25, 0.3) is 0 Å². The van der Waals surface area contributed by atoms with Crippen LogP contribution in [0, 0.1) is 13.8 Å². The lowest BCUT2D eigenvalue weighted by atomic mass is 9.93. The molecule has 0 radical (unpaired) electrons.